The number of halogens is 1. The molecule has 72 valence electrons. The zero-order chi connectivity index (χ0) is 10.7. The standard InChI is InChI=1S/C9H6ClNO3/c1-14-7-3-5(4-11)2-6(10)8(7)9(12)13/h2-3H,1H3,(H,12,13). The lowest BCUT2D eigenvalue weighted by Crippen LogP contribution is -2.02. The molecule has 1 aromatic rings. The maximum absolute atomic E-state index is 10.8. The van der Waals surface area contributed by atoms with E-state index < -0.39 is 5.97 Å². The number of hydrogen-bond donors (Lipinski definition) is 1. The highest BCUT2D eigenvalue weighted by Crippen LogP contribution is 2.28. The van der Waals surface area contributed by atoms with Crippen LogP contribution in [-0.2, 0) is 0 Å². The van der Waals surface area contributed by atoms with Crippen LogP contribution in [0.4, 0.5) is 0 Å². The van der Waals surface area contributed by atoms with Gasteiger partial charge in [0.25, 0.3) is 0 Å². The summed E-state index contributed by atoms with van der Waals surface area (Å²) in [6, 6.07) is 4.47. The number of carbonyl (C=O) groups is 1. The van der Waals surface area contributed by atoms with Gasteiger partial charge in [0.05, 0.1) is 23.8 Å². The molecule has 0 bridgehead atoms. The van der Waals surface area contributed by atoms with Crippen molar-refractivity contribution in [1.82, 2.24) is 0 Å². The number of carboxylic acid groups (broad SMARTS) is 1. The summed E-state index contributed by atoms with van der Waals surface area (Å²) in [5, 5.41) is 17.4. The SMILES string of the molecule is COc1cc(C#N)cc(Cl)c1C(=O)O. The molecule has 1 N–H and O–H groups in total. The quantitative estimate of drug-likeness (QED) is 0.811. The molecule has 4 nitrogen and oxygen atoms in total. The van der Waals surface area contributed by atoms with Gasteiger partial charge < -0.3 is 9.84 Å². The molecule has 0 spiro atoms. The number of rotatable bonds is 2. The maximum atomic E-state index is 10.8. The number of nitriles is 1. The summed E-state index contributed by atoms with van der Waals surface area (Å²) in [5.41, 5.74) is 0.130. The van der Waals surface area contributed by atoms with Gasteiger partial charge in [-0.1, -0.05) is 11.6 Å². The first-order valence-electron chi connectivity index (χ1n) is 3.61. The Hall–Kier alpha value is -1.73. The van der Waals surface area contributed by atoms with Crippen LogP contribution in [0.3, 0.4) is 0 Å². The molecule has 0 saturated heterocycles. The molecule has 14 heavy (non-hydrogen) atoms. The van der Waals surface area contributed by atoms with Crippen LogP contribution >= 0.6 is 11.6 Å². The van der Waals surface area contributed by atoms with E-state index in [1.165, 1.54) is 19.2 Å². The highest BCUT2D eigenvalue weighted by atomic mass is 35.5. The average molecular weight is 212 g/mol. The molecule has 0 aromatic heterocycles. The molecule has 0 heterocycles. The van der Waals surface area contributed by atoms with E-state index in [1.807, 2.05) is 6.07 Å². The highest BCUT2D eigenvalue weighted by Gasteiger charge is 2.16. The van der Waals surface area contributed by atoms with Crippen molar-refractivity contribution >= 4 is 17.6 Å². The minimum absolute atomic E-state index is 0.00611. The molecule has 0 fully saturated rings. The van der Waals surface area contributed by atoms with Gasteiger partial charge in [-0.2, -0.15) is 5.26 Å². The molecule has 1 aromatic carbocycles. The van der Waals surface area contributed by atoms with Crippen LogP contribution in [0.2, 0.25) is 5.02 Å². The van der Waals surface area contributed by atoms with Crippen LogP contribution in [0.1, 0.15) is 15.9 Å². The fourth-order valence-corrected chi connectivity index (χ4v) is 1.31. The summed E-state index contributed by atoms with van der Waals surface area (Å²) in [7, 11) is 1.32. The topological polar surface area (TPSA) is 70.3 Å². The molecule has 0 unspecified atom stereocenters. The second-order valence-corrected chi connectivity index (χ2v) is 2.86. The zero-order valence-corrected chi connectivity index (χ0v) is 8.00. The van der Waals surface area contributed by atoms with Gasteiger partial charge in [0.15, 0.2) is 0 Å². The Kier molecular flexibility index (Phi) is 2.95. The smallest absolute Gasteiger partial charge is 0.341 e. The Morgan fingerprint density at radius 2 is 2.29 bits per heavy atom. The Morgan fingerprint density at radius 1 is 1.64 bits per heavy atom. The maximum Gasteiger partial charge on any atom is 0.341 e. The van der Waals surface area contributed by atoms with Crippen LogP contribution < -0.4 is 4.74 Å². The molecule has 5 heteroatoms. The van der Waals surface area contributed by atoms with Gasteiger partial charge in [-0.25, -0.2) is 4.79 Å². The van der Waals surface area contributed by atoms with Crippen molar-refractivity contribution in [1.29, 1.82) is 5.26 Å². The summed E-state index contributed by atoms with van der Waals surface area (Å²) in [4.78, 5) is 10.8. The number of aromatic carboxylic acids is 1. The Balaban J connectivity index is 3.44. The van der Waals surface area contributed by atoms with E-state index in [2.05, 4.69) is 0 Å². The summed E-state index contributed by atoms with van der Waals surface area (Å²) in [6.07, 6.45) is 0. The number of methoxy groups -OCH3 is 1. The molecule has 0 atom stereocenters. The number of hydrogen-bond acceptors (Lipinski definition) is 3. The molecular weight excluding hydrogens is 206 g/mol. The van der Waals surface area contributed by atoms with E-state index in [1.54, 1.807) is 0 Å². The third kappa shape index (κ3) is 1.78. The molecule has 0 aliphatic rings. The summed E-state index contributed by atoms with van der Waals surface area (Å²) in [6.45, 7) is 0. The first-order valence-corrected chi connectivity index (χ1v) is 3.99. The number of ether oxygens (including phenoxy) is 1. The molecule has 0 aliphatic heterocycles. The van der Waals surface area contributed by atoms with Crippen molar-refractivity contribution in [2.24, 2.45) is 0 Å². The first-order chi connectivity index (χ1) is 6.60. The fraction of sp³-hybridized carbons (Fsp3) is 0.111. The molecule has 0 amide bonds. The van der Waals surface area contributed by atoms with Gasteiger partial charge in [0, 0.05) is 0 Å². The summed E-state index contributed by atoms with van der Waals surface area (Å²) in [5.74, 6) is -1.10. The van der Waals surface area contributed by atoms with Crippen LogP contribution in [0.5, 0.6) is 5.75 Å². The van der Waals surface area contributed by atoms with Crippen molar-refractivity contribution < 1.29 is 14.6 Å². The van der Waals surface area contributed by atoms with Crippen molar-refractivity contribution in [3.63, 3.8) is 0 Å². The van der Waals surface area contributed by atoms with Crippen LogP contribution in [-0.4, -0.2) is 18.2 Å². The van der Waals surface area contributed by atoms with Crippen LogP contribution in [0, 0.1) is 11.3 Å². The van der Waals surface area contributed by atoms with Crippen LogP contribution in [0.15, 0.2) is 12.1 Å². The van der Waals surface area contributed by atoms with E-state index in [0.717, 1.165) is 0 Å². The Labute approximate surface area is 85.3 Å². The second-order valence-electron chi connectivity index (χ2n) is 2.45. The predicted molar refractivity (Wildman–Crippen MR) is 49.7 cm³/mol. The lowest BCUT2D eigenvalue weighted by atomic mass is 10.1. The van der Waals surface area contributed by atoms with Gasteiger partial charge in [0.1, 0.15) is 11.3 Å². The number of benzene rings is 1. The lowest BCUT2D eigenvalue weighted by Gasteiger charge is -2.06. The third-order valence-corrected chi connectivity index (χ3v) is 1.92. The second kappa shape index (κ2) is 3.99. The Bertz CT molecular complexity index is 423. The van der Waals surface area contributed by atoms with Crippen molar-refractivity contribution in [2.75, 3.05) is 7.11 Å². The predicted octanol–water partition coefficient (Wildman–Crippen LogP) is 1.92. The molecular formula is C9H6ClNO3. The minimum atomic E-state index is -1.18. The van der Waals surface area contributed by atoms with Gasteiger partial charge in [-0.3, -0.25) is 0 Å². The average Bonchev–Trinajstić information content (AvgIpc) is 2.15. The van der Waals surface area contributed by atoms with E-state index in [9.17, 15) is 4.79 Å². The molecule has 0 saturated carbocycles. The van der Waals surface area contributed by atoms with Gasteiger partial charge >= 0.3 is 5.97 Å². The van der Waals surface area contributed by atoms with Crippen LogP contribution in [0.25, 0.3) is 0 Å². The molecule has 0 aliphatic carbocycles. The van der Waals surface area contributed by atoms with Crippen molar-refractivity contribution in [2.45, 2.75) is 0 Å². The van der Waals surface area contributed by atoms with Gasteiger partial charge in [-0.05, 0) is 12.1 Å². The highest BCUT2D eigenvalue weighted by molar-refractivity contribution is 6.34. The monoisotopic (exact) mass is 211 g/mol. The van der Waals surface area contributed by atoms with E-state index in [0.29, 0.717) is 0 Å². The van der Waals surface area contributed by atoms with E-state index in [-0.39, 0.29) is 21.9 Å². The minimum Gasteiger partial charge on any atom is -0.496 e. The zero-order valence-electron chi connectivity index (χ0n) is 7.24. The normalized spacial score (nSPS) is 9.21. The largest absolute Gasteiger partial charge is 0.496 e. The lowest BCUT2D eigenvalue weighted by molar-refractivity contribution is 0.0693. The van der Waals surface area contributed by atoms with Crippen molar-refractivity contribution in [3.8, 4) is 11.8 Å². The summed E-state index contributed by atoms with van der Waals surface area (Å²) < 4.78 is 4.81. The number of carboxylic acids is 1. The van der Waals surface area contributed by atoms with E-state index >= 15 is 0 Å². The third-order valence-electron chi connectivity index (χ3n) is 1.62. The van der Waals surface area contributed by atoms with E-state index in [4.69, 9.17) is 26.7 Å². The molecule has 1 rings (SSSR count). The van der Waals surface area contributed by atoms with Gasteiger partial charge in [0.2, 0.25) is 0 Å². The number of nitrogens with zero attached hydrogens (tertiary/aromatic N) is 1. The molecule has 0 radical (unpaired) electrons. The fourth-order valence-electron chi connectivity index (χ4n) is 1.01. The van der Waals surface area contributed by atoms with Gasteiger partial charge in [-0.15, -0.1) is 0 Å². The summed E-state index contributed by atoms with van der Waals surface area (Å²) >= 11 is 5.68. The van der Waals surface area contributed by atoms with Crippen molar-refractivity contribution in [3.05, 3.63) is 28.3 Å². The Morgan fingerprint density at radius 3 is 2.71 bits per heavy atom. The first kappa shape index (κ1) is 10.4.